The van der Waals surface area contributed by atoms with E-state index in [4.69, 9.17) is 5.73 Å². The molecule has 1 saturated heterocycles. The van der Waals surface area contributed by atoms with Gasteiger partial charge in [-0.2, -0.15) is 0 Å². The lowest BCUT2D eigenvalue weighted by Crippen LogP contribution is -2.52. The number of nitrogens with one attached hydrogen (secondary N) is 1. The molecule has 0 spiro atoms. The van der Waals surface area contributed by atoms with Crippen molar-refractivity contribution in [1.82, 2.24) is 5.32 Å². The highest BCUT2D eigenvalue weighted by Crippen LogP contribution is 2.13. The van der Waals surface area contributed by atoms with Crippen LogP contribution in [0.1, 0.15) is 19.3 Å². The van der Waals surface area contributed by atoms with Crippen molar-refractivity contribution in [3.8, 4) is 0 Å². The van der Waals surface area contributed by atoms with Crippen LogP contribution < -0.4 is 11.1 Å². The minimum atomic E-state index is -0.409. The summed E-state index contributed by atoms with van der Waals surface area (Å²) in [6, 6.07) is -0.769. The zero-order chi connectivity index (χ0) is 9.84. The van der Waals surface area contributed by atoms with E-state index >= 15 is 0 Å². The number of ether oxygens (including phenoxy) is 1. The van der Waals surface area contributed by atoms with Gasteiger partial charge in [0, 0.05) is 0 Å². The third kappa shape index (κ3) is 2.42. The Morgan fingerprint density at radius 1 is 1.38 bits per heavy atom. The largest absolute Gasteiger partial charge is 0.468 e. The van der Waals surface area contributed by atoms with Crippen molar-refractivity contribution < 1.29 is 14.3 Å². The summed E-state index contributed by atoms with van der Waals surface area (Å²) in [6.45, 7) is 0. The van der Waals surface area contributed by atoms with E-state index in [1.54, 1.807) is 0 Å². The van der Waals surface area contributed by atoms with Gasteiger partial charge in [0.15, 0.2) is 0 Å². The number of primary amides is 1. The van der Waals surface area contributed by atoms with Crippen LogP contribution in [0, 0.1) is 0 Å². The molecule has 0 aromatic heterocycles. The van der Waals surface area contributed by atoms with Crippen molar-refractivity contribution in [2.24, 2.45) is 5.73 Å². The van der Waals surface area contributed by atoms with Crippen molar-refractivity contribution in [2.45, 2.75) is 31.3 Å². The molecule has 5 heteroatoms. The summed E-state index contributed by atoms with van der Waals surface area (Å²) in [6.07, 6.45) is 2.22. The van der Waals surface area contributed by atoms with Crippen LogP contribution in [-0.2, 0) is 14.3 Å². The monoisotopic (exact) mass is 186 g/mol. The van der Waals surface area contributed by atoms with Crippen LogP contribution in [0.2, 0.25) is 0 Å². The molecule has 74 valence electrons. The Morgan fingerprint density at radius 2 is 2.00 bits per heavy atom. The topological polar surface area (TPSA) is 81.4 Å². The first kappa shape index (κ1) is 9.98. The summed E-state index contributed by atoms with van der Waals surface area (Å²) in [7, 11) is 1.33. The fourth-order valence-corrected chi connectivity index (χ4v) is 1.49. The zero-order valence-electron chi connectivity index (χ0n) is 7.58. The quantitative estimate of drug-likeness (QED) is 0.551. The minimum Gasteiger partial charge on any atom is -0.468 e. The van der Waals surface area contributed by atoms with Crippen molar-refractivity contribution in [3.05, 3.63) is 0 Å². The molecule has 0 aromatic carbocycles. The fraction of sp³-hybridized carbons (Fsp3) is 0.750. The Hall–Kier alpha value is -1.10. The molecule has 0 radical (unpaired) electrons. The van der Waals surface area contributed by atoms with Crippen molar-refractivity contribution in [2.75, 3.05) is 7.11 Å². The molecule has 0 aromatic rings. The Bertz CT molecular complexity index is 217. The second kappa shape index (κ2) is 4.23. The maximum absolute atomic E-state index is 11.1. The molecule has 0 bridgehead atoms. The minimum absolute atomic E-state index is 0.328. The lowest BCUT2D eigenvalue weighted by Gasteiger charge is -2.26. The molecular weight excluding hydrogens is 172 g/mol. The van der Waals surface area contributed by atoms with Crippen LogP contribution in [0.15, 0.2) is 0 Å². The first-order valence-corrected chi connectivity index (χ1v) is 4.28. The second-order valence-electron chi connectivity index (χ2n) is 3.13. The zero-order valence-corrected chi connectivity index (χ0v) is 7.58. The van der Waals surface area contributed by atoms with Gasteiger partial charge in [0.2, 0.25) is 5.91 Å². The predicted octanol–water partition coefficient (Wildman–Crippen LogP) is -0.845. The van der Waals surface area contributed by atoms with Crippen molar-refractivity contribution in [3.63, 3.8) is 0 Å². The maximum atomic E-state index is 11.1. The van der Waals surface area contributed by atoms with Gasteiger partial charge in [-0.15, -0.1) is 0 Å². The number of rotatable bonds is 2. The number of methoxy groups -OCH3 is 1. The first-order valence-electron chi connectivity index (χ1n) is 4.28. The van der Waals surface area contributed by atoms with Crippen molar-refractivity contribution in [1.29, 1.82) is 0 Å². The van der Waals surface area contributed by atoms with E-state index in [0.717, 1.165) is 6.42 Å². The van der Waals surface area contributed by atoms with E-state index in [0.29, 0.717) is 12.8 Å². The average molecular weight is 186 g/mol. The molecule has 13 heavy (non-hydrogen) atoms. The Kier molecular flexibility index (Phi) is 3.25. The number of hydrogen-bond donors (Lipinski definition) is 2. The van der Waals surface area contributed by atoms with Gasteiger partial charge >= 0.3 is 5.97 Å². The molecule has 1 aliphatic heterocycles. The SMILES string of the molecule is COC(=O)C1CCCC(C(N)=O)N1. The van der Waals surface area contributed by atoms with E-state index in [1.807, 2.05) is 0 Å². The third-order valence-electron chi connectivity index (χ3n) is 2.22. The van der Waals surface area contributed by atoms with Gasteiger partial charge in [-0.1, -0.05) is 0 Å². The first-order chi connectivity index (χ1) is 6.15. The molecule has 5 nitrogen and oxygen atoms in total. The molecule has 1 rings (SSSR count). The van der Waals surface area contributed by atoms with E-state index in [1.165, 1.54) is 7.11 Å². The lowest BCUT2D eigenvalue weighted by atomic mass is 9.98. The summed E-state index contributed by atoms with van der Waals surface area (Å²) in [5.74, 6) is -0.737. The second-order valence-corrected chi connectivity index (χ2v) is 3.13. The normalized spacial score (nSPS) is 28.1. The fourth-order valence-electron chi connectivity index (χ4n) is 1.49. The number of hydrogen-bond acceptors (Lipinski definition) is 4. The molecule has 1 fully saturated rings. The molecular formula is C8H14N2O3. The maximum Gasteiger partial charge on any atom is 0.322 e. The van der Waals surface area contributed by atoms with Gasteiger partial charge in [0.1, 0.15) is 6.04 Å². The highest BCUT2D eigenvalue weighted by Gasteiger charge is 2.29. The summed E-state index contributed by atoms with van der Waals surface area (Å²) >= 11 is 0. The van der Waals surface area contributed by atoms with E-state index < -0.39 is 11.9 Å². The molecule has 0 aliphatic carbocycles. The molecule has 2 atom stereocenters. The van der Waals surface area contributed by atoms with Crippen LogP contribution in [-0.4, -0.2) is 31.1 Å². The van der Waals surface area contributed by atoms with Crippen LogP contribution in [0.5, 0.6) is 0 Å². The molecule has 1 aliphatic rings. The van der Waals surface area contributed by atoms with E-state index in [9.17, 15) is 9.59 Å². The Balaban J connectivity index is 2.51. The van der Waals surface area contributed by atoms with Crippen LogP contribution in [0.25, 0.3) is 0 Å². The standard InChI is InChI=1S/C8H14N2O3/c1-13-8(12)6-4-2-3-5(10-6)7(9)11/h5-6,10H,2-4H2,1H3,(H2,9,11). The summed E-state index contributed by atoms with van der Waals surface area (Å²) in [5.41, 5.74) is 5.12. The summed E-state index contributed by atoms with van der Waals surface area (Å²) < 4.78 is 4.56. The van der Waals surface area contributed by atoms with Gasteiger partial charge in [-0.25, -0.2) is 0 Å². The third-order valence-corrected chi connectivity index (χ3v) is 2.22. The number of nitrogens with two attached hydrogens (primary N) is 1. The number of piperidine rings is 1. The Morgan fingerprint density at radius 3 is 2.54 bits per heavy atom. The highest BCUT2D eigenvalue weighted by molar-refractivity contribution is 5.82. The number of carbonyl (C=O) groups excluding carboxylic acids is 2. The van der Waals surface area contributed by atoms with Crippen LogP contribution in [0.4, 0.5) is 0 Å². The summed E-state index contributed by atoms with van der Waals surface area (Å²) in [4.78, 5) is 21.9. The molecule has 0 saturated carbocycles. The van der Waals surface area contributed by atoms with E-state index in [-0.39, 0.29) is 12.0 Å². The van der Waals surface area contributed by atoms with Gasteiger partial charge < -0.3 is 10.5 Å². The van der Waals surface area contributed by atoms with Crippen LogP contribution in [0.3, 0.4) is 0 Å². The molecule has 1 heterocycles. The van der Waals surface area contributed by atoms with Gasteiger partial charge in [-0.05, 0) is 19.3 Å². The summed E-state index contributed by atoms with van der Waals surface area (Å²) in [5, 5.41) is 2.85. The average Bonchev–Trinajstić information content (AvgIpc) is 2.17. The molecule has 2 unspecified atom stereocenters. The van der Waals surface area contributed by atoms with Gasteiger partial charge in [0.05, 0.1) is 13.2 Å². The smallest absolute Gasteiger partial charge is 0.322 e. The number of esters is 1. The number of carbonyl (C=O) groups is 2. The predicted molar refractivity (Wildman–Crippen MR) is 45.8 cm³/mol. The highest BCUT2D eigenvalue weighted by atomic mass is 16.5. The Labute approximate surface area is 76.6 Å². The molecule has 3 N–H and O–H groups in total. The van der Waals surface area contributed by atoms with E-state index in [2.05, 4.69) is 10.1 Å². The number of amides is 1. The van der Waals surface area contributed by atoms with Gasteiger partial charge in [0.25, 0.3) is 0 Å². The van der Waals surface area contributed by atoms with Crippen LogP contribution >= 0.6 is 0 Å². The molecule has 1 amide bonds. The van der Waals surface area contributed by atoms with Gasteiger partial charge in [-0.3, -0.25) is 14.9 Å². The van der Waals surface area contributed by atoms with Crippen molar-refractivity contribution >= 4 is 11.9 Å². The lowest BCUT2D eigenvalue weighted by molar-refractivity contribution is -0.144.